The minimum Gasteiger partial charge on any atom is -0.356 e. The first-order chi connectivity index (χ1) is 11.0. The minimum atomic E-state index is -4.50. The molecule has 0 aliphatic carbocycles. The van der Waals surface area contributed by atoms with Gasteiger partial charge < -0.3 is 4.90 Å². The van der Waals surface area contributed by atoms with Crippen LogP contribution >= 0.6 is 11.8 Å². The van der Waals surface area contributed by atoms with Gasteiger partial charge in [0.2, 0.25) is 0 Å². The highest BCUT2D eigenvalue weighted by Crippen LogP contribution is 2.32. The second kappa shape index (κ2) is 6.74. The zero-order valence-electron chi connectivity index (χ0n) is 12.3. The van der Waals surface area contributed by atoms with Gasteiger partial charge in [-0.1, -0.05) is 0 Å². The number of thioether (sulfide) groups is 1. The number of halogens is 3. The van der Waals surface area contributed by atoms with Crippen LogP contribution in [0.4, 0.5) is 19.0 Å². The molecule has 0 bridgehead atoms. The maximum absolute atomic E-state index is 13.2. The van der Waals surface area contributed by atoms with E-state index in [1.165, 1.54) is 12.4 Å². The van der Waals surface area contributed by atoms with E-state index in [-0.39, 0.29) is 5.82 Å². The van der Waals surface area contributed by atoms with Crippen molar-refractivity contribution < 1.29 is 13.2 Å². The summed E-state index contributed by atoms with van der Waals surface area (Å²) in [6.45, 7) is 1.39. The van der Waals surface area contributed by atoms with Gasteiger partial charge in [0.05, 0.1) is 0 Å². The quantitative estimate of drug-likeness (QED) is 0.837. The Hall–Kier alpha value is -1.83. The normalized spacial score (nSPS) is 16.2. The Morgan fingerprint density at radius 3 is 2.57 bits per heavy atom. The largest absolute Gasteiger partial charge is 0.433 e. The van der Waals surface area contributed by atoms with Gasteiger partial charge in [0.1, 0.15) is 5.82 Å². The summed E-state index contributed by atoms with van der Waals surface area (Å²) in [6.07, 6.45) is -0.539. The maximum Gasteiger partial charge on any atom is 0.433 e. The lowest BCUT2D eigenvalue weighted by molar-refractivity contribution is -0.141. The molecule has 0 atom stereocenters. The van der Waals surface area contributed by atoms with E-state index in [4.69, 9.17) is 0 Å². The average Bonchev–Trinajstić information content (AvgIpc) is 2.84. The van der Waals surface area contributed by atoms with Gasteiger partial charge >= 0.3 is 6.18 Å². The SMILES string of the molecule is FC(F)(F)c1cc(N2CCCSCC2)nc(-c2ccncc2)n1. The van der Waals surface area contributed by atoms with Crippen LogP contribution in [0.3, 0.4) is 0 Å². The van der Waals surface area contributed by atoms with Crippen molar-refractivity contribution in [1.29, 1.82) is 0 Å². The van der Waals surface area contributed by atoms with Crippen LogP contribution in [0, 0.1) is 0 Å². The molecule has 0 aromatic carbocycles. The lowest BCUT2D eigenvalue weighted by atomic mass is 10.2. The molecule has 0 unspecified atom stereocenters. The number of alkyl halides is 3. The van der Waals surface area contributed by atoms with Gasteiger partial charge in [-0.3, -0.25) is 4.98 Å². The third-order valence-corrected chi connectivity index (χ3v) is 4.54. The minimum absolute atomic E-state index is 0.0779. The number of hydrogen-bond donors (Lipinski definition) is 0. The molecule has 0 spiro atoms. The molecule has 23 heavy (non-hydrogen) atoms. The van der Waals surface area contributed by atoms with Gasteiger partial charge in [-0.05, 0) is 24.3 Å². The first-order valence-corrected chi connectivity index (χ1v) is 8.39. The lowest BCUT2D eigenvalue weighted by Gasteiger charge is -2.22. The molecule has 122 valence electrons. The Labute approximate surface area is 136 Å². The monoisotopic (exact) mass is 340 g/mol. The Kier molecular flexibility index (Phi) is 4.70. The summed E-state index contributed by atoms with van der Waals surface area (Å²) in [7, 11) is 0. The summed E-state index contributed by atoms with van der Waals surface area (Å²) in [4.78, 5) is 13.8. The lowest BCUT2D eigenvalue weighted by Crippen LogP contribution is -2.27. The van der Waals surface area contributed by atoms with Crippen molar-refractivity contribution >= 4 is 17.6 Å². The Balaban J connectivity index is 2.04. The summed E-state index contributed by atoms with van der Waals surface area (Å²) < 4.78 is 39.6. The zero-order valence-corrected chi connectivity index (χ0v) is 13.1. The Bertz CT molecular complexity index is 656. The van der Waals surface area contributed by atoms with Crippen molar-refractivity contribution in [2.24, 2.45) is 0 Å². The van der Waals surface area contributed by atoms with Crippen molar-refractivity contribution in [3.05, 3.63) is 36.3 Å². The number of pyridine rings is 1. The first-order valence-electron chi connectivity index (χ1n) is 7.23. The summed E-state index contributed by atoms with van der Waals surface area (Å²) in [5.41, 5.74) is -0.386. The molecule has 8 heteroatoms. The van der Waals surface area contributed by atoms with Crippen LogP contribution in [0.5, 0.6) is 0 Å². The second-order valence-electron chi connectivity index (χ2n) is 5.12. The highest BCUT2D eigenvalue weighted by atomic mass is 32.2. The summed E-state index contributed by atoms with van der Waals surface area (Å²) in [5, 5.41) is 0. The van der Waals surface area contributed by atoms with Gasteiger partial charge in [-0.2, -0.15) is 24.9 Å². The van der Waals surface area contributed by atoms with E-state index in [9.17, 15) is 13.2 Å². The van der Waals surface area contributed by atoms with Crippen LogP contribution in [0.2, 0.25) is 0 Å². The first kappa shape index (κ1) is 16.0. The van der Waals surface area contributed by atoms with Gasteiger partial charge in [0, 0.05) is 42.9 Å². The molecule has 2 aromatic rings. The molecule has 1 fully saturated rings. The van der Waals surface area contributed by atoms with Crippen LogP contribution in [-0.4, -0.2) is 39.5 Å². The molecule has 0 amide bonds. The van der Waals surface area contributed by atoms with E-state index >= 15 is 0 Å². The van der Waals surface area contributed by atoms with Crippen LogP contribution in [0.25, 0.3) is 11.4 Å². The molecule has 0 saturated carbocycles. The number of anilines is 1. The summed E-state index contributed by atoms with van der Waals surface area (Å²) in [6, 6.07) is 4.26. The van der Waals surface area contributed by atoms with E-state index in [2.05, 4.69) is 15.0 Å². The van der Waals surface area contributed by atoms with Gasteiger partial charge in [0.15, 0.2) is 11.5 Å². The summed E-state index contributed by atoms with van der Waals surface area (Å²) in [5.74, 6) is 2.32. The van der Waals surface area contributed by atoms with Crippen molar-refractivity contribution in [2.75, 3.05) is 29.5 Å². The molecular formula is C15H15F3N4S. The highest BCUT2D eigenvalue weighted by molar-refractivity contribution is 7.99. The maximum atomic E-state index is 13.2. The van der Waals surface area contributed by atoms with Gasteiger partial charge in [0.25, 0.3) is 0 Å². The Morgan fingerprint density at radius 1 is 1.04 bits per heavy atom. The van der Waals surface area contributed by atoms with Gasteiger partial charge in [-0.25, -0.2) is 9.97 Å². The molecule has 4 nitrogen and oxygen atoms in total. The molecule has 3 heterocycles. The molecule has 0 radical (unpaired) electrons. The van der Waals surface area contributed by atoms with E-state index in [1.807, 2.05) is 16.7 Å². The smallest absolute Gasteiger partial charge is 0.356 e. The zero-order chi connectivity index (χ0) is 16.3. The summed E-state index contributed by atoms with van der Waals surface area (Å²) >= 11 is 1.81. The van der Waals surface area contributed by atoms with Crippen LogP contribution in [0.15, 0.2) is 30.6 Å². The fourth-order valence-electron chi connectivity index (χ4n) is 2.35. The number of rotatable bonds is 2. The molecule has 2 aromatic heterocycles. The number of nitrogens with zero attached hydrogens (tertiary/aromatic N) is 4. The van der Waals surface area contributed by atoms with Crippen molar-refractivity contribution in [1.82, 2.24) is 15.0 Å². The molecule has 3 rings (SSSR count). The van der Waals surface area contributed by atoms with Crippen LogP contribution in [0.1, 0.15) is 12.1 Å². The number of hydrogen-bond acceptors (Lipinski definition) is 5. The predicted octanol–water partition coefficient (Wildman–Crippen LogP) is 3.50. The van der Waals surface area contributed by atoms with E-state index in [0.29, 0.717) is 24.5 Å². The van der Waals surface area contributed by atoms with Crippen LogP contribution < -0.4 is 4.90 Å². The van der Waals surface area contributed by atoms with Crippen LogP contribution in [-0.2, 0) is 6.18 Å². The molecule has 1 saturated heterocycles. The molecule has 1 aliphatic heterocycles. The molecule has 1 aliphatic rings. The topological polar surface area (TPSA) is 41.9 Å². The van der Waals surface area contributed by atoms with E-state index in [0.717, 1.165) is 24.0 Å². The molecular weight excluding hydrogens is 325 g/mol. The predicted molar refractivity (Wildman–Crippen MR) is 84.4 cm³/mol. The van der Waals surface area contributed by atoms with Gasteiger partial charge in [-0.15, -0.1) is 0 Å². The molecule has 0 N–H and O–H groups in total. The fraction of sp³-hybridized carbons (Fsp3) is 0.400. The highest BCUT2D eigenvalue weighted by Gasteiger charge is 2.34. The van der Waals surface area contributed by atoms with E-state index < -0.39 is 11.9 Å². The third kappa shape index (κ3) is 3.93. The van der Waals surface area contributed by atoms with Crippen molar-refractivity contribution in [3.63, 3.8) is 0 Å². The second-order valence-corrected chi connectivity index (χ2v) is 6.35. The van der Waals surface area contributed by atoms with E-state index in [1.54, 1.807) is 12.1 Å². The number of aromatic nitrogens is 3. The van der Waals surface area contributed by atoms with Crippen molar-refractivity contribution in [3.8, 4) is 11.4 Å². The Morgan fingerprint density at radius 2 is 1.83 bits per heavy atom. The van der Waals surface area contributed by atoms with Crippen molar-refractivity contribution in [2.45, 2.75) is 12.6 Å². The third-order valence-electron chi connectivity index (χ3n) is 3.49. The average molecular weight is 340 g/mol. The standard InChI is InChI=1S/C15H15F3N4S/c16-15(17,18)12-10-13(22-6-1-8-23-9-7-22)21-14(20-12)11-2-4-19-5-3-11/h2-5,10H,1,6-9H2. The fourth-order valence-corrected chi connectivity index (χ4v) is 3.23.